The lowest BCUT2D eigenvalue weighted by Gasteiger charge is -2.20. The van der Waals surface area contributed by atoms with Gasteiger partial charge in [0.15, 0.2) is 0 Å². The van der Waals surface area contributed by atoms with Gasteiger partial charge in [0, 0.05) is 0 Å². The molecule has 21 heavy (non-hydrogen) atoms. The van der Waals surface area contributed by atoms with Gasteiger partial charge in [0.25, 0.3) is 0 Å². The van der Waals surface area contributed by atoms with Gasteiger partial charge >= 0.3 is 0 Å². The molecule has 0 atom stereocenters. The van der Waals surface area contributed by atoms with Crippen molar-refractivity contribution in [1.82, 2.24) is 9.97 Å². The second-order valence-electron chi connectivity index (χ2n) is 6.42. The fourth-order valence-electron chi connectivity index (χ4n) is 2.06. The van der Waals surface area contributed by atoms with Crippen molar-refractivity contribution in [2.45, 2.75) is 46.0 Å². The summed E-state index contributed by atoms with van der Waals surface area (Å²) in [6.07, 6.45) is 1.43. The number of benzene rings is 1. The predicted octanol–water partition coefficient (Wildman–Crippen LogP) is 5.34. The van der Waals surface area contributed by atoms with Gasteiger partial charge in [-0.3, -0.25) is 0 Å². The number of nitrogens with zero attached hydrogens (tertiary/aromatic N) is 2. The molecule has 0 unspecified atom stereocenters. The summed E-state index contributed by atoms with van der Waals surface area (Å²) in [5.74, 6) is 1.48. The van der Waals surface area contributed by atoms with Crippen LogP contribution in [0.2, 0.25) is 5.15 Å². The second kappa shape index (κ2) is 6.02. The van der Waals surface area contributed by atoms with Crippen LogP contribution in [0.25, 0.3) is 0 Å². The summed E-state index contributed by atoms with van der Waals surface area (Å²) < 4.78 is 5.95. The van der Waals surface area contributed by atoms with Gasteiger partial charge < -0.3 is 4.74 Å². The summed E-state index contributed by atoms with van der Waals surface area (Å²) in [5.41, 5.74) is 2.12. The summed E-state index contributed by atoms with van der Waals surface area (Å²) in [6.45, 7) is 10.6. The fraction of sp³-hybridized carbons (Fsp3) is 0.412. The van der Waals surface area contributed by atoms with E-state index in [1.165, 1.54) is 11.9 Å². The van der Waals surface area contributed by atoms with Crippen LogP contribution in [-0.4, -0.2) is 9.97 Å². The number of ether oxygens (including phenoxy) is 1. The van der Waals surface area contributed by atoms with Crippen LogP contribution in [0.5, 0.6) is 11.6 Å². The van der Waals surface area contributed by atoms with Crippen molar-refractivity contribution in [2.75, 3.05) is 0 Å². The zero-order valence-corrected chi connectivity index (χ0v) is 13.9. The van der Waals surface area contributed by atoms with Crippen molar-refractivity contribution in [1.29, 1.82) is 0 Å². The van der Waals surface area contributed by atoms with Crippen molar-refractivity contribution < 1.29 is 4.74 Å². The van der Waals surface area contributed by atoms with Crippen LogP contribution < -0.4 is 4.74 Å². The van der Waals surface area contributed by atoms with E-state index in [0.29, 0.717) is 11.0 Å². The summed E-state index contributed by atoms with van der Waals surface area (Å²) >= 11 is 6.16. The molecule has 0 spiro atoms. The zero-order chi connectivity index (χ0) is 15.6. The molecule has 0 fully saturated rings. The van der Waals surface area contributed by atoms with Crippen LogP contribution in [0.1, 0.15) is 51.7 Å². The Labute approximate surface area is 131 Å². The Kier molecular flexibility index (Phi) is 4.52. The van der Waals surface area contributed by atoms with Gasteiger partial charge in [0.05, 0.1) is 5.56 Å². The lowest BCUT2D eigenvalue weighted by Crippen LogP contribution is -2.10. The topological polar surface area (TPSA) is 35.0 Å². The molecule has 0 aliphatic rings. The molecular formula is C17H21ClN2O. The van der Waals surface area contributed by atoms with Crippen molar-refractivity contribution in [3.8, 4) is 11.6 Å². The zero-order valence-electron chi connectivity index (χ0n) is 13.1. The third kappa shape index (κ3) is 3.73. The number of aromatic nitrogens is 2. The first kappa shape index (κ1) is 15.8. The van der Waals surface area contributed by atoms with Crippen LogP contribution in [0, 0.1) is 0 Å². The minimum atomic E-state index is 0.0730. The molecule has 1 aromatic heterocycles. The highest BCUT2D eigenvalue weighted by molar-refractivity contribution is 6.30. The van der Waals surface area contributed by atoms with Crippen LogP contribution in [0.3, 0.4) is 0 Å². The Morgan fingerprint density at radius 1 is 1.14 bits per heavy atom. The van der Waals surface area contributed by atoms with Gasteiger partial charge in [0.2, 0.25) is 5.88 Å². The van der Waals surface area contributed by atoms with Crippen molar-refractivity contribution in [2.24, 2.45) is 0 Å². The maximum Gasteiger partial charge on any atom is 0.227 e. The summed E-state index contributed by atoms with van der Waals surface area (Å²) in [5, 5.41) is 0.446. The van der Waals surface area contributed by atoms with E-state index in [4.69, 9.17) is 16.3 Å². The number of hydrogen-bond acceptors (Lipinski definition) is 3. The molecule has 0 saturated heterocycles. The monoisotopic (exact) mass is 304 g/mol. The van der Waals surface area contributed by atoms with E-state index in [2.05, 4.69) is 36.8 Å². The standard InChI is InChI=1S/C17H21ClN2O/c1-11(2)14-15(18)19-10-20-16(14)21-13-8-6-7-12(9-13)17(3,4)5/h6-11H,1-5H3. The van der Waals surface area contributed by atoms with Gasteiger partial charge in [-0.15, -0.1) is 0 Å². The molecule has 0 aliphatic heterocycles. The Morgan fingerprint density at radius 3 is 2.48 bits per heavy atom. The predicted molar refractivity (Wildman–Crippen MR) is 86.3 cm³/mol. The highest BCUT2D eigenvalue weighted by Crippen LogP contribution is 2.34. The summed E-state index contributed by atoms with van der Waals surface area (Å²) in [6, 6.07) is 8.06. The molecule has 1 heterocycles. The van der Waals surface area contributed by atoms with E-state index in [-0.39, 0.29) is 11.3 Å². The number of halogens is 1. The van der Waals surface area contributed by atoms with Crippen LogP contribution >= 0.6 is 11.6 Å². The smallest absolute Gasteiger partial charge is 0.227 e. The van der Waals surface area contributed by atoms with Gasteiger partial charge in [-0.25, -0.2) is 9.97 Å². The van der Waals surface area contributed by atoms with E-state index < -0.39 is 0 Å². The average Bonchev–Trinajstić information content (AvgIpc) is 2.37. The Bertz CT molecular complexity index is 633. The van der Waals surface area contributed by atoms with E-state index >= 15 is 0 Å². The van der Waals surface area contributed by atoms with E-state index in [0.717, 1.165) is 11.3 Å². The minimum Gasteiger partial charge on any atom is -0.439 e. The normalized spacial score (nSPS) is 11.8. The summed E-state index contributed by atoms with van der Waals surface area (Å²) in [4.78, 5) is 8.26. The first-order chi connectivity index (χ1) is 9.79. The molecule has 1 aromatic carbocycles. The van der Waals surface area contributed by atoms with E-state index in [1.807, 2.05) is 32.0 Å². The quantitative estimate of drug-likeness (QED) is 0.718. The van der Waals surface area contributed by atoms with Crippen molar-refractivity contribution in [3.63, 3.8) is 0 Å². The first-order valence-corrected chi connectivity index (χ1v) is 7.45. The van der Waals surface area contributed by atoms with Gasteiger partial charge in [-0.1, -0.05) is 58.4 Å². The van der Waals surface area contributed by atoms with E-state index in [9.17, 15) is 0 Å². The molecule has 112 valence electrons. The molecular weight excluding hydrogens is 284 g/mol. The Hall–Kier alpha value is -1.61. The molecule has 0 bridgehead atoms. The highest BCUT2D eigenvalue weighted by Gasteiger charge is 2.17. The molecule has 4 heteroatoms. The SMILES string of the molecule is CC(C)c1c(Cl)ncnc1Oc1cccc(C(C)(C)C)c1. The fourth-order valence-corrected chi connectivity index (χ4v) is 2.41. The first-order valence-electron chi connectivity index (χ1n) is 7.08. The maximum atomic E-state index is 6.16. The molecule has 0 radical (unpaired) electrons. The van der Waals surface area contributed by atoms with Crippen molar-refractivity contribution in [3.05, 3.63) is 46.9 Å². The van der Waals surface area contributed by atoms with Crippen molar-refractivity contribution >= 4 is 11.6 Å². The molecule has 2 aromatic rings. The number of hydrogen-bond donors (Lipinski definition) is 0. The molecule has 3 nitrogen and oxygen atoms in total. The highest BCUT2D eigenvalue weighted by atomic mass is 35.5. The van der Waals surface area contributed by atoms with Crippen LogP contribution in [-0.2, 0) is 5.41 Å². The Morgan fingerprint density at radius 2 is 1.86 bits per heavy atom. The van der Waals surface area contributed by atoms with Crippen LogP contribution in [0.4, 0.5) is 0 Å². The third-order valence-corrected chi connectivity index (χ3v) is 3.59. The third-order valence-electron chi connectivity index (χ3n) is 3.29. The number of rotatable bonds is 3. The lowest BCUT2D eigenvalue weighted by molar-refractivity contribution is 0.448. The molecule has 0 N–H and O–H groups in total. The van der Waals surface area contributed by atoms with E-state index in [1.54, 1.807) is 0 Å². The maximum absolute atomic E-state index is 6.16. The van der Waals surface area contributed by atoms with Gasteiger partial charge in [-0.2, -0.15) is 0 Å². The molecule has 0 aliphatic carbocycles. The molecule has 0 amide bonds. The molecule has 2 rings (SSSR count). The second-order valence-corrected chi connectivity index (χ2v) is 6.78. The minimum absolute atomic E-state index is 0.0730. The molecule has 0 saturated carbocycles. The summed E-state index contributed by atoms with van der Waals surface area (Å²) in [7, 11) is 0. The average molecular weight is 305 g/mol. The van der Waals surface area contributed by atoms with Crippen LogP contribution in [0.15, 0.2) is 30.6 Å². The largest absolute Gasteiger partial charge is 0.439 e. The van der Waals surface area contributed by atoms with Gasteiger partial charge in [0.1, 0.15) is 17.2 Å². The lowest BCUT2D eigenvalue weighted by atomic mass is 9.87. The van der Waals surface area contributed by atoms with Gasteiger partial charge in [-0.05, 0) is 29.0 Å². The Balaban J connectivity index is 2.37.